The third-order valence-corrected chi connectivity index (χ3v) is 5.20. The first-order valence-corrected chi connectivity index (χ1v) is 9.34. The molecule has 0 bridgehead atoms. The Hall–Kier alpha value is -1.55. The van der Waals surface area contributed by atoms with E-state index in [0.717, 1.165) is 25.0 Å². The van der Waals surface area contributed by atoms with Crippen molar-refractivity contribution < 1.29 is 23.6 Å². The molecule has 0 saturated carbocycles. The Labute approximate surface area is 141 Å². The Balaban J connectivity index is 2.79. The molecule has 24 heavy (non-hydrogen) atoms. The molecule has 8 nitrogen and oxygen atoms in total. The summed E-state index contributed by atoms with van der Waals surface area (Å²) in [6, 6.07) is 4.21. The minimum atomic E-state index is -4.15. The minimum absolute atomic E-state index is 0.237. The van der Waals surface area contributed by atoms with Gasteiger partial charge in [0.05, 0.1) is 17.6 Å². The summed E-state index contributed by atoms with van der Waals surface area (Å²) in [6.45, 7) is 1.55. The van der Waals surface area contributed by atoms with Crippen LogP contribution in [-0.2, 0) is 10.0 Å². The van der Waals surface area contributed by atoms with Crippen LogP contribution in [0.15, 0.2) is 29.2 Å². The molecule has 0 saturated heterocycles. The smallest absolute Gasteiger partial charge is 0.289 e. The van der Waals surface area contributed by atoms with Crippen LogP contribution in [0.4, 0.5) is 5.69 Å². The lowest BCUT2D eigenvalue weighted by atomic mass is 10.0. The minimum Gasteiger partial charge on any atom is -0.395 e. The van der Waals surface area contributed by atoms with E-state index in [1.54, 1.807) is 0 Å². The van der Waals surface area contributed by atoms with Gasteiger partial charge >= 0.3 is 0 Å². The fourth-order valence-electron chi connectivity index (χ4n) is 2.28. The zero-order valence-corrected chi connectivity index (χ0v) is 14.4. The third-order valence-electron chi connectivity index (χ3n) is 3.63. The summed E-state index contributed by atoms with van der Waals surface area (Å²) in [5.74, 6) is 0. The molecule has 0 aliphatic rings. The number of nitrogens with one attached hydrogen (secondary N) is 1. The van der Waals surface area contributed by atoms with Crippen molar-refractivity contribution in [2.45, 2.75) is 56.1 Å². The molecule has 2 atom stereocenters. The Morgan fingerprint density at radius 3 is 2.50 bits per heavy atom. The van der Waals surface area contributed by atoms with Gasteiger partial charge < -0.3 is 10.2 Å². The van der Waals surface area contributed by atoms with Crippen LogP contribution in [0.3, 0.4) is 0 Å². The van der Waals surface area contributed by atoms with E-state index in [2.05, 4.69) is 4.72 Å². The number of para-hydroxylation sites is 1. The highest BCUT2D eigenvalue weighted by molar-refractivity contribution is 7.89. The van der Waals surface area contributed by atoms with Crippen LogP contribution in [0, 0.1) is 10.1 Å². The molecule has 9 heteroatoms. The monoisotopic (exact) mass is 360 g/mol. The molecule has 0 unspecified atom stereocenters. The van der Waals surface area contributed by atoms with E-state index in [4.69, 9.17) is 0 Å². The lowest BCUT2D eigenvalue weighted by Gasteiger charge is -2.18. The normalized spacial score (nSPS) is 14.3. The number of nitrogens with zero attached hydrogens (tertiary/aromatic N) is 1. The Kier molecular flexibility index (Phi) is 8.26. The number of unbranched alkanes of at least 4 members (excludes halogenated alkanes) is 1. The molecule has 1 aromatic rings. The van der Waals surface area contributed by atoms with Crippen LogP contribution < -0.4 is 4.72 Å². The summed E-state index contributed by atoms with van der Waals surface area (Å²) < 4.78 is 27.0. The van der Waals surface area contributed by atoms with Crippen molar-refractivity contribution in [1.29, 1.82) is 0 Å². The topological polar surface area (TPSA) is 130 Å². The summed E-state index contributed by atoms with van der Waals surface area (Å²) in [5.41, 5.74) is -0.523. The molecule has 0 radical (unpaired) electrons. The number of aliphatic hydroxyl groups is 2. The molecule has 0 heterocycles. The van der Waals surface area contributed by atoms with Crippen LogP contribution in [0.5, 0.6) is 0 Å². The van der Waals surface area contributed by atoms with Gasteiger partial charge in [-0.05, 0) is 25.3 Å². The zero-order chi connectivity index (χ0) is 18.2. The van der Waals surface area contributed by atoms with Gasteiger partial charge in [0.1, 0.15) is 0 Å². The van der Waals surface area contributed by atoms with Gasteiger partial charge in [-0.3, -0.25) is 10.1 Å². The summed E-state index contributed by atoms with van der Waals surface area (Å²) >= 11 is 0. The predicted molar refractivity (Wildman–Crippen MR) is 89.1 cm³/mol. The maximum atomic E-state index is 12.4. The fraction of sp³-hybridized carbons (Fsp3) is 0.600. The maximum Gasteiger partial charge on any atom is 0.289 e. The van der Waals surface area contributed by atoms with Crippen LogP contribution in [0.25, 0.3) is 0 Å². The van der Waals surface area contributed by atoms with E-state index in [0.29, 0.717) is 12.8 Å². The largest absolute Gasteiger partial charge is 0.395 e. The van der Waals surface area contributed by atoms with Crippen LogP contribution in [0.1, 0.15) is 39.0 Å². The van der Waals surface area contributed by atoms with E-state index in [1.165, 1.54) is 12.1 Å². The average Bonchev–Trinajstić information content (AvgIpc) is 2.56. The number of sulfonamides is 1. The van der Waals surface area contributed by atoms with Crippen LogP contribution >= 0.6 is 0 Å². The Morgan fingerprint density at radius 2 is 1.92 bits per heavy atom. The SMILES string of the molecule is CCCC[C@@H](O)CC[C@H](CO)NS(=O)(=O)c1ccccc1[N+](=O)[O-]. The number of nitro groups is 1. The number of nitro benzene ring substituents is 1. The number of hydrogen-bond acceptors (Lipinski definition) is 6. The molecule has 1 rings (SSSR count). The quantitative estimate of drug-likeness (QED) is 0.406. The molecular formula is C15H24N2O6S. The van der Waals surface area contributed by atoms with Gasteiger partial charge in [0.2, 0.25) is 10.0 Å². The van der Waals surface area contributed by atoms with Crippen molar-refractivity contribution in [3.8, 4) is 0 Å². The average molecular weight is 360 g/mol. The third kappa shape index (κ3) is 6.16. The van der Waals surface area contributed by atoms with Gasteiger partial charge in [-0.25, -0.2) is 13.1 Å². The molecule has 0 spiro atoms. The van der Waals surface area contributed by atoms with Gasteiger partial charge in [0.25, 0.3) is 5.69 Å². The number of aliphatic hydroxyl groups excluding tert-OH is 2. The fourth-order valence-corrected chi connectivity index (χ4v) is 3.72. The summed E-state index contributed by atoms with van der Waals surface area (Å²) in [6.07, 6.45) is 2.45. The number of benzene rings is 1. The van der Waals surface area contributed by atoms with Gasteiger partial charge in [-0.2, -0.15) is 0 Å². The molecule has 0 aromatic heterocycles. The summed E-state index contributed by atoms with van der Waals surface area (Å²) in [5, 5.41) is 30.1. The van der Waals surface area contributed by atoms with Gasteiger partial charge in [-0.15, -0.1) is 0 Å². The van der Waals surface area contributed by atoms with Crippen molar-refractivity contribution in [2.75, 3.05) is 6.61 Å². The van der Waals surface area contributed by atoms with Crippen molar-refractivity contribution in [2.24, 2.45) is 0 Å². The first-order chi connectivity index (χ1) is 11.3. The summed E-state index contributed by atoms with van der Waals surface area (Å²) in [4.78, 5) is 9.76. The highest BCUT2D eigenvalue weighted by Crippen LogP contribution is 2.23. The molecule has 0 aliphatic carbocycles. The van der Waals surface area contributed by atoms with E-state index < -0.39 is 44.3 Å². The second kappa shape index (κ2) is 9.67. The Morgan fingerprint density at radius 1 is 1.25 bits per heavy atom. The molecule has 1 aromatic carbocycles. The molecule has 0 amide bonds. The lowest BCUT2D eigenvalue weighted by Crippen LogP contribution is -2.38. The standard InChI is InChI=1S/C15H24N2O6S/c1-2-3-6-13(19)10-9-12(11-18)16-24(22,23)15-8-5-4-7-14(15)17(20)21/h4-5,7-8,12-13,16,18-19H,2-3,6,9-11H2,1H3/t12-,13-/m1/s1. The van der Waals surface area contributed by atoms with E-state index >= 15 is 0 Å². The predicted octanol–water partition coefficient (Wildman–Crippen LogP) is 1.57. The van der Waals surface area contributed by atoms with Crippen molar-refractivity contribution in [3.05, 3.63) is 34.4 Å². The first-order valence-electron chi connectivity index (χ1n) is 7.86. The maximum absolute atomic E-state index is 12.4. The highest BCUT2D eigenvalue weighted by atomic mass is 32.2. The van der Waals surface area contributed by atoms with Crippen LogP contribution in [-0.4, -0.2) is 42.3 Å². The molecular weight excluding hydrogens is 336 g/mol. The van der Waals surface area contributed by atoms with Crippen molar-refractivity contribution in [3.63, 3.8) is 0 Å². The van der Waals surface area contributed by atoms with Gasteiger partial charge in [0.15, 0.2) is 4.90 Å². The highest BCUT2D eigenvalue weighted by Gasteiger charge is 2.27. The van der Waals surface area contributed by atoms with Gasteiger partial charge in [-0.1, -0.05) is 31.9 Å². The van der Waals surface area contributed by atoms with E-state index in [-0.39, 0.29) is 6.42 Å². The second-order valence-electron chi connectivity index (χ2n) is 5.60. The number of rotatable bonds is 11. The molecule has 0 fully saturated rings. The first kappa shape index (κ1) is 20.5. The van der Waals surface area contributed by atoms with Gasteiger partial charge in [0, 0.05) is 12.1 Å². The van der Waals surface area contributed by atoms with Crippen molar-refractivity contribution in [1.82, 2.24) is 4.72 Å². The Bertz CT molecular complexity index is 635. The van der Waals surface area contributed by atoms with Crippen molar-refractivity contribution >= 4 is 15.7 Å². The lowest BCUT2D eigenvalue weighted by molar-refractivity contribution is -0.387. The second-order valence-corrected chi connectivity index (χ2v) is 7.28. The van der Waals surface area contributed by atoms with E-state index in [1.807, 2.05) is 6.92 Å². The summed E-state index contributed by atoms with van der Waals surface area (Å²) in [7, 11) is -4.15. The number of hydrogen-bond donors (Lipinski definition) is 3. The molecule has 136 valence electrons. The zero-order valence-electron chi connectivity index (χ0n) is 13.6. The van der Waals surface area contributed by atoms with Crippen LogP contribution in [0.2, 0.25) is 0 Å². The molecule has 0 aliphatic heterocycles. The van der Waals surface area contributed by atoms with E-state index in [9.17, 15) is 28.7 Å². The molecule has 3 N–H and O–H groups in total.